The number of carbonyl (C=O) groups excluding carboxylic acids is 1. The highest BCUT2D eigenvalue weighted by atomic mass is 16.6. The first kappa shape index (κ1) is 23.1. The molecule has 0 amide bonds. The minimum absolute atomic E-state index is 0.0640. The van der Waals surface area contributed by atoms with Gasteiger partial charge in [-0.1, -0.05) is 18.1 Å². The molecule has 0 radical (unpaired) electrons. The van der Waals surface area contributed by atoms with Crippen LogP contribution in [0.15, 0.2) is 17.3 Å². The summed E-state index contributed by atoms with van der Waals surface area (Å²) in [5.41, 5.74) is 5.70. The number of fused-ring (bicyclic) bond motifs is 5. The topological polar surface area (TPSA) is 68.1 Å². The van der Waals surface area contributed by atoms with Gasteiger partial charge in [-0.2, -0.15) is 0 Å². The van der Waals surface area contributed by atoms with Crippen LogP contribution >= 0.6 is 0 Å². The summed E-state index contributed by atoms with van der Waals surface area (Å²) in [4.78, 5) is 16.9. The summed E-state index contributed by atoms with van der Waals surface area (Å²) in [5.74, 6) is 4.72. The predicted molar refractivity (Wildman–Crippen MR) is 138 cm³/mol. The van der Waals surface area contributed by atoms with E-state index in [1.807, 2.05) is 0 Å². The van der Waals surface area contributed by atoms with Crippen molar-refractivity contribution in [1.29, 1.82) is 0 Å². The first-order chi connectivity index (χ1) is 17.4. The van der Waals surface area contributed by atoms with Gasteiger partial charge in [0.05, 0.1) is 12.8 Å². The van der Waals surface area contributed by atoms with E-state index < -0.39 is 0 Å². The first-order valence-electron chi connectivity index (χ1n) is 14.5. The number of phenolic OH excluding ortho intramolecular Hbond substituents is 1. The van der Waals surface area contributed by atoms with Gasteiger partial charge in [-0.15, -0.1) is 0 Å². The largest absolute Gasteiger partial charge is 0.508 e. The number of methoxy groups -OCH3 is 1. The summed E-state index contributed by atoms with van der Waals surface area (Å²) in [6.45, 7) is 2.27. The van der Waals surface area contributed by atoms with E-state index in [1.165, 1.54) is 69.6 Å². The number of hydrogen-bond donors (Lipinski definition) is 1. The minimum atomic E-state index is -0.385. The molecular weight excluding hydrogens is 450 g/mol. The van der Waals surface area contributed by atoms with Crippen molar-refractivity contribution in [2.24, 2.45) is 40.2 Å². The van der Waals surface area contributed by atoms with Gasteiger partial charge >= 0.3 is 5.97 Å². The lowest BCUT2D eigenvalue weighted by Crippen LogP contribution is -2.48. The van der Waals surface area contributed by atoms with Gasteiger partial charge in [0.25, 0.3) is 0 Å². The maximum Gasteiger partial charge on any atom is 0.346 e. The van der Waals surface area contributed by atoms with Crippen LogP contribution in [0, 0.1) is 35.0 Å². The van der Waals surface area contributed by atoms with E-state index in [0.717, 1.165) is 49.1 Å². The predicted octanol–water partition coefficient (Wildman–Crippen LogP) is 6.26. The first-order valence-corrected chi connectivity index (χ1v) is 14.5. The number of ether oxygens (including phenoxy) is 1. The van der Waals surface area contributed by atoms with E-state index in [0.29, 0.717) is 23.5 Å². The van der Waals surface area contributed by atoms with Crippen molar-refractivity contribution in [2.75, 3.05) is 13.7 Å². The molecule has 0 spiro atoms. The van der Waals surface area contributed by atoms with Crippen LogP contribution in [-0.2, 0) is 26.2 Å². The molecule has 6 saturated carbocycles. The van der Waals surface area contributed by atoms with E-state index in [-0.39, 0.29) is 23.4 Å². The second kappa shape index (κ2) is 8.23. The van der Waals surface area contributed by atoms with Crippen molar-refractivity contribution in [3.63, 3.8) is 0 Å². The zero-order valence-electron chi connectivity index (χ0n) is 21.9. The summed E-state index contributed by atoms with van der Waals surface area (Å²) in [6.07, 6.45) is 14.9. The van der Waals surface area contributed by atoms with Crippen molar-refractivity contribution in [2.45, 2.75) is 95.3 Å². The van der Waals surface area contributed by atoms with Crippen molar-refractivity contribution in [1.82, 2.24) is 0 Å². The van der Waals surface area contributed by atoms with Gasteiger partial charge in [0, 0.05) is 11.0 Å². The molecule has 0 saturated heterocycles. The van der Waals surface area contributed by atoms with Crippen LogP contribution in [0.4, 0.5) is 0 Å². The van der Waals surface area contributed by atoms with Gasteiger partial charge < -0.3 is 14.7 Å². The molecule has 1 N–H and O–H groups in total. The Morgan fingerprint density at radius 2 is 1.78 bits per heavy atom. The monoisotopic (exact) mass is 491 g/mol. The molecule has 1 aromatic rings. The Morgan fingerprint density at radius 1 is 1.06 bits per heavy atom. The third kappa shape index (κ3) is 3.40. The Hall–Kier alpha value is -2.04. The van der Waals surface area contributed by atoms with Crippen molar-refractivity contribution in [3.05, 3.63) is 28.8 Å². The maximum atomic E-state index is 11.5. The van der Waals surface area contributed by atoms with Crippen LogP contribution in [0.1, 0.15) is 100 Å². The molecule has 7 aliphatic carbocycles. The van der Waals surface area contributed by atoms with Gasteiger partial charge in [-0.25, -0.2) is 4.79 Å². The number of nitrogens with zero attached hydrogens (tertiary/aromatic N) is 1. The van der Waals surface area contributed by atoms with Crippen LogP contribution < -0.4 is 0 Å². The van der Waals surface area contributed by atoms with Crippen LogP contribution in [0.2, 0.25) is 0 Å². The second-order valence-electron chi connectivity index (χ2n) is 13.6. The smallest absolute Gasteiger partial charge is 0.346 e. The normalized spacial score (nSPS) is 43.1. The van der Waals surface area contributed by atoms with Gasteiger partial charge in [0.15, 0.2) is 0 Å². The number of hydrogen-bond acceptors (Lipinski definition) is 5. The number of oxime groups is 1. The lowest BCUT2D eigenvalue weighted by atomic mass is 9.47. The average molecular weight is 492 g/mol. The number of benzene rings is 1. The number of esters is 1. The zero-order chi connectivity index (χ0) is 24.7. The molecule has 0 heterocycles. The standard InChI is InChI=1S/C31H41NO4/c1-30-8-7-22-23(25(30)5-6-28(30)32-36-17-29(34)35-2)4-3-21-12-27(33)26(13-24(21)22)31-14-18-9-19(15-31)11-20(10-18)16-31/h12-13,18-20,22-23,25,33H,3-11,14-17H2,1-2H3/t18?,19?,20?,22?,23?,25?,30-,31?/m0/s1. The number of phenols is 1. The zero-order valence-corrected chi connectivity index (χ0v) is 21.9. The summed E-state index contributed by atoms with van der Waals surface area (Å²) in [7, 11) is 1.38. The van der Waals surface area contributed by atoms with Crippen molar-refractivity contribution in [3.8, 4) is 5.75 Å². The highest BCUT2D eigenvalue weighted by Gasteiger charge is 2.55. The molecule has 5 nitrogen and oxygen atoms in total. The Balaban J connectivity index is 1.17. The van der Waals surface area contributed by atoms with E-state index in [4.69, 9.17) is 9.57 Å². The SMILES string of the molecule is COC(=O)CON=C1CCC2C3CCc4cc(O)c(C56CC7CC(CC(C7)C5)C6)cc4C3CC[C@]12C. The van der Waals surface area contributed by atoms with Crippen molar-refractivity contribution < 1.29 is 19.5 Å². The fraction of sp³-hybridized carbons (Fsp3) is 0.742. The van der Waals surface area contributed by atoms with Gasteiger partial charge in [-0.05, 0) is 135 Å². The highest BCUT2D eigenvalue weighted by Crippen LogP contribution is 2.64. The molecule has 7 aliphatic rings. The van der Waals surface area contributed by atoms with E-state index in [1.54, 1.807) is 5.56 Å². The average Bonchev–Trinajstić information content (AvgIpc) is 3.18. The molecular formula is C31H41NO4. The molecule has 4 bridgehead atoms. The van der Waals surface area contributed by atoms with Crippen molar-refractivity contribution >= 4 is 11.7 Å². The lowest BCUT2D eigenvalue weighted by molar-refractivity contribution is -0.145. The number of carbonyl (C=O) groups is 1. The Kier molecular flexibility index (Phi) is 5.28. The molecule has 6 fully saturated rings. The lowest BCUT2D eigenvalue weighted by Gasteiger charge is -2.57. The molecule has 4 atom stereocenters. The molecule has 8 rings (SSSR count). The summed E-state index contributed by atoms with van der Waals surface area (Å²) in [6, 6.07) is 4.69. The second-order valence-corrected chi connectivity index (χ2v) is 13.6. The summed E-state index contributed by atoms with van der Waals surface area (Å²) >= 11 is 0. The van der Waals surface area contributed by atoms with E-state index in [9.17, 15) is 9.90 Å². The van der Waals surface area contributed by atoms with Gasteiger partial charge in [-0.3, -0.25) is 0 Å². The third-order valence-electron chi connectivity index (χ3n) is 11.8. The molecule has 0 aromatic heterocycles. The number of rotatable bonds is 4. The highest BCUT2D eigenvalue weighted by molar-refractivity contribution is 5.92. The minimum Gasteiger partial charge on any atom is -0.508 e. The van der Waals surface area contributed by atoms with Crippen LogP contribution in [0.3, 0.4) is 0 Å². The van der Waals surface area contributed by atoms with E-state index in [2.05, 4.69) is 24.2 Å². The van der Waals surface area contributed by atoms with Crippen LogP contribution in [0.5, 0.6) is 5.75 Å². The fourth-order valence-electron chi connectivity index (χ4n) is 10.6. The molecule has 1 aromatic carbocycles. The van der Waals surface area contributed by atoms with Crippen LogP contribution in [0.25, 0.3) is 0 Å². The fourth-order valence-corrected chi connectivity index (χ4v) is 10.6. The van der Waals surface area contributed by atoms with Gasteiger partial charge in [0.2, 0.25) is 6.61 Å². The molecule has 3 unspecified atom stereocenters. The molecule has 0 aliphatic heterocycles. The Bertz CT molecular complexity index is 1070. The summed E-state index contributed by atoms with van der Waals surface area (Å²) in [5, 5.41) is 15.8. The maximum absolute atomic E-state index is 11.5. The quantitative estimate of drug-likeness (QED) is 0.399. The Morgan fingerprint density at radius 3 is 2.47 bits per heavy atom. The van der Waals surface area contributed by atoms with E-state index >= 15 is 0 Å². The molecule has 36 heavy (non-hydrogen) atoms. The summed E-state index contributed by atoms with van der Waals surface area (Å²) < 4.78 is 4.69. The number of aromatic hydroxyl groups is 1. The molecule has 194 valence electrons. The van der Waals surface area contributed by atoms with Crippen LogP contribution in [-0.4, -0.2) is 30.5 Å². The van der Waals surface area contributed by atoms with Gasteiger partial charge in [0.1, 0.15) is 5.75 Å². The Labute approximate surface area is 215 Å². The molecule has 5 heteroatoms. The third-order valence-corrected chi connectivity index (χ3v) is 11.8. The number of aryl methyl sites for hydroxylation is 1.